The Morgan fingerprint density at radius 1 is 1.22 bits per heavy atom. The van der Waals surface area contributed by atoms with Crippen LogP contribution in [-0.4, -0.2) is 65.3 Å². The fourth-order valence-corrected chi connectivity index (χ4v) is 2.69. The van der Waals surface area contributed by atoms with Gasteiger partial charge in [-0.3, -0.25) is 4.79 Å². The molecule has 23 heavy (non-hydrogen) atoms. The molecule has 0 spiro atoms. The summed E-state index contributed by atoms with van der Waals surface area (Å²) in [6, 6.07) is 7.38. The van der Waals surface area contributed by atoms with Gasteiger partial charge in [0.2, 0.25) is 15.9 Å². The molecule has 1 N–H and O–H groups in total. The molecule has 1 aromatic rings. The summed E-state index contributed by atoms with van der Waals surface area (Å²) in [5, 5.41) is 2.61. The van der Waals surface area contributed by atoms with Crippen LogP contribution in [0.15, 0.2) is 24.3 Å². The number of nitrogens with one attached hydrogen (secondary N) is 1. The van der Waals surface area contributed by atoms with E-state index < -0.39 is 10.0 Å². The maximum absolute atomic E-state index is 11.8. The summed E-state index contributed by atoms with van der Waals surface area (Å²) in [7, 11) is -0.340. The first-order valence-electron chi connectivity index (χ1n) is 7.20. The minimum absolute atomic E-state index is 0.196. The number of ether oxygens (including phenoxy) is 2. The molecule has 0 unspecified atom stereocenters. The van der Waals surface area contributed by atoms with Crippen molar-refractivity contribution in [2.75, 3.05) is 46.7 Å². The number of carbonyl (C=O) groups is 1. The molecule has 0 aromatic heterocycles. The zero-order valence-electron chi connectivity index (χ0n) is 13.7. The number of carbonyl (C=O) groups excluding carboxylic acids is 1. The highest BCUT2D eigenvalue weighted by atomic mass is 32.2. The highest BCUT2D eigenvalue weighted by molar-refractivity contribution is 7.88. The number of methoxy groups -OCH3 is 2. The van der Waals surface area contributed by atoms with Crippen molar-refractivity contribution in [3.8, 4) is 5.75 Å². The molecule has 7 nitrogen and oxygen atoms in total. The maximum Gasteiger partial charge on any atom is 0.235 e. The van der Waals surface area contributed by atoms with Gasteiger partial charge in [0.15, 0.2) is 0 Å². The molecular formula is C15H24N2O5S. The van der Waals surface area contributed by atoms with Gasteiger partial charge in [-0.25, -0.2) is 8.42 Å². The van der Waals surface area contributed by atoms with Gasteiger partial charge in [0.05, 0.1) is 26.5 Å². The molecule has 0 radical (unpaired) electrons. The third kappa shape index (κ3) is 7.45. The molecule has 0 aliphatic rings. The van der Waals surface area contributed by atoms with E-state index in [0.717, 1.165) is 17.6 Å². The number of hydrogen-bond donors (Lipinski definition) is 1. The smallest absolute Gasteiger partial charge is 0.235 e. The van der Waals surface area contributed by atoms with Crippen LogP contribution in [0.3, 0.4) is 0 Å². The van der Waals surface area contributed by atoms with E-state index in [2.05, 4.69) is 5.32 Å². The molecule has 0 fully saturated rings. The minimum atomic E-state index is -3.46. The average Bonchev–Trinajstić information content (AvgIpc) is 2.51. The first-order chi connectivity index (χ1) is 10.9. The largest absolute Gasteiger partial charge is 0.497 e. The molecule has 0 aliphatic heterocycles. The van der Waals surface area contributed by atoms with E-state index in [4.69, 9.17) is 9.47 Å². The van der Waals surface area contributed by atoms with Crippen LogP contribution in [0.25, 0.3) is 0 Å². The van der Waals surface area contributed by atoms with Gasteiger partial charge in [0.25, 0.3) is 0 Å². The van der Waals surface area contributed by atoms with Gasteiger partial charge < -0.3 is 14.8 Å². The Morgan fingerprint density at radius 3 is 2.39 bits per heavy atom. The second-order valence-electron chi connectivity index (χ2n) is 5.04. The molecule has 0 saturated carbocycles. The van der Waals surface area contributed by atoms with Crippen LogP contribution >= 0.6 is 0 Å². The number of amides is 1. The highest BCUT2D eigenvalue weighted by Crippen LogP contribution is 2.12. The van der Waals surface area contributed by atoms with Crippen LogP contribution in [0.1, 0.15) is 5.56 Å². The Kier molecular flexibility index (Phi) is 8.01. The van der Waals surface area contributed by atoms with Crippen molar-refractivity contribution < 1.29 is 22.7 Å². The number of benzene rings is 1. The monoisotopic (exact) mass is 344 g/mol. The summed E-state index contributed by atoms with van der Waals surface area (Å²) in [4.78, 5) is 11.8. The Hall–Kier alpha value is -1.64. The predicted molar refractivity (Wildman–Crippen MR) is 88.0 cm³/mol. The number of rotatable bonds is 10. The van der Waals surface area contributed by atoms with E-state index in [1.807, 2.05) is 24.3 Å². The van der Waals surface area contributed by atoms with Crippen LogP contribution in [0.2, 0.25) is 0 Å². The van der Waals surface area contributed by atoms with Crippen LogP contribution in [0, 0.1) is 0 Å². The third-order valence-electron chi connectivity index (χ3n) is 3.23. The summed E-state index contributed by atoms with van der Waals surface area (Å²) in [6.07, 6.45) is 1.62. The summed E-state index contributed by atoms with van der Waals surface area (Å²) in [5.74, 6) is 0.397. The van der Waals surface area contributed by atoms with Gasteiger partial charge in [-0.2, -0.15) is 4.31 Å². The average molecular weight is 344 g/mol. The quantitative estimate of drug-likeness (QED) is 0.616. The summed E-state index contributed by atoms with van der Waals surface area (Å²) < 4.78 is 34.7. The zero-order valence-corrected chi connectivity index (χ0v) is 14.6. The first kappa shape index (κ1) is 19.4. The molecule has 1 aromatic carbocycles. The van der Waals surface area contributed by atoms with E-state index >= 15 is 0 Å². The summed E-state index contributed by atoms with van der Waals surface area (Å²) >= 11 is 0. The molecule has 1 amide bonds. The second-order valence-corrected chi connectivity index (χ2v) is 7.02. The van der Waals surface area contributed by atoms with Gasteiger partial charge in [0, 0.05) is 20.2 Å². The third-order valence-corrected chi connectivity index (χ3v) is 4.48. The number of hydrogen-bond acceptors (Lipinski definition) is 5. The van der Waals surface area contributed by atoms with Crippen LogP contribution < -0.4 is 10.1 Å². The number of nitrogens with zero attached hydrogens (tertiary/aromatic N) is 1. The van der Waals surface area contributed by atoms with Crippen molar-refractivity contribution in [1.82, 2.24) is 9.62 Å². The van der Waals surface area contributed by atoms with Gasteiger partial charge >= 0.3 is 0 Å². The number of sulfonamides is 1. The van der Waals surface area contributed by atoms with Gasteiger partial charge in [-0.1, -0.05) is 12.1 Å². The van der Waals surface area contributed by atoms with Gasteiger partial charge in [0.1, 0.15) is 5.75 Å². The Balaban J connectivity index is 2.59. The van der Waals surface area contributed by atoms with Gasteiger partial charge in [-0.05, 0) is 24.1 Å². The molecule has 130 valence electrons. The van der Waals surface area contributed by atoms with E-state index in [9.17, 15) is 13.2 Å². The molecule has 1 rings (SSSR count). The predicted octanol–water partition coefficient (Wildman–Crippen LogP) is 0.262. The lowest BCUT2D eigenvalue weighted by Crippen LogP contribution is -2.42. The van der Waals surface area contributed by atoms with Crippen molar-refractivity contribution in [3.63, 3.8) is 0 Å². The topological polar surface area (TPSA) is 84.9 Å². The Morgan fingerprint density at radius 2 is 1.87 bits per heavy atom. The molecule has 8 heteroatoms. The minimum Gasteiger partial charge on any atom is -0.497 e. The van der Waals surface area contributed by atoms with E-state index in [0.29, 0.717) is 19.6 Å². The lowest BCUT2D eigenvalue weighted by Gasteiger charge is -2.19. The standard InChI is InChI=1S/C15H24N2O5S/c1-21-11-9-16-15(18)12-17(23(3,19)20)10-8-13-4-6-14(22-2)7-5-13/h4-7H,8-12H2,1-3H3,(H,16,18). The maximum atomic E-state index is 11.8. The fraction of sp³-hybridized carbons (Fsp3) is 0.533. The molecule has 0 aliphatic carbocycles. The Bertz CT molecular complexity index is 586. The lowest BCUT2D eigenvalue weighted by atomic mass is 10.1. The van der Waals surface area contributed by atoms with Crippen molar-refractivity contribution in [2.24, 2.45) is 0 Å². The molecule has 0 atom stereocenters. The molecule has 0 heterocycles. The fourth-order valence-electron chi connectivity index (χ4n) is 1.92. The van der Waals surface area contributed by atoms with E-state index in [1.165, 1.54) is 11.4 Å². The summed E-state index contributed by atoms with van der Waals surface area (Å²) in [5.41, 5.74) is 0.972. The lowest BCUT2D eigenvalue weighted by molar-refractivity contribution is -0.121. The molecular weight excluding hydrogens is 320 g/mol. The summed E-state index contributed by atoms with van der Waals surface area (Å²) in [6.45, 7) is 0.781. The molecule has 0 bridgehead atoms. The first-order valence-corrected chi connectivity index (χ1v) is 9.05. The van der Waals surface area contributed by atoms with Crippen LogP contribution in [0.5, 0.6) is 5.75 Å². The SMILES string of the molecule is COCCNC(=O)CN(CCc1ccc(OC)cc1)S(C)(=O)=O. The van der Waals surface area contributed by atoms with Crippen molar-refractivity contribution in [3.05, 3.63) is 29.8 Å². The molecule has 0 saturated heterocycles. The van der Waals surface area contributed by atoms with Crippen LogP contribution in [-0.2, 0) is 26.0 Å². The normalized spacial score (nSPS) is 11.5. The second kappa shape index (κ2) is 9.49. The zero-order chi connectivity index (χ0) is 17.3. The van der Waals surface area contributed by atoms with E-state index in [-0.39, 0.29) is 19.0 Å². The van der Waals surface area contributed by atoms with E-state index in [1.54, 1.807) is 7.11 Å². The van der Waals surface area contributed by atoms with Crippen molar-refractivity contribution in [2.45, 2.75) is 6.42 Å². The van der Waals surface area contributed by atoms with Crippen molar-refractivity contribution in [1.29, 1.82) is 0 Å². The Labute approximate surface area is 137 Å². The van der Waals surface area contributed by atoms with Crippen LogP contribution in [0.4, 0.5) is 0 Å². The highest BCUT2D eigenvalue weighted by Gasteiger charge is 2.19. The van der Waals surface area contributed by atoms with Crippen molar-refractivity contribution >= 4 is 15.9 Å². The van der Waals surface area contributed by atoms with Gasteiger partial charge in [-0.15, -0.1) is 0 Å².